The number of carbonyl (C=O) groups is 1. The van der Waals surface area contributed by atoms with Gasteiger partial charge < -0.3 is 5.73 Å². The summed E-state index contributed by atoms with van der Waals surface area (Å²) in [5.74, 6) is 0.882. The van der Waals surface area contributed by atoms with Crippen molar-refractivity contribution >= 4 is 5.78 Å². The molecular formula is C15H21NO. The maximum atomic E-state index is 11.9. The molecule has 0 heterocycles. The lowest BCUT2D eigenvalue weighted by Crippen LogP contribution is -2.26. The second-order valence-electron chi connectivity index (χ2n) is 5.42. The van der Waals surface area contributed by atoms with E-state index >= 15 is 0 Å². The van der Waals surface area contributed by atoms with Gasteiger partial charge in [0.05, 0.1) is 0 Å². The Morgan fingerprint density at radius 2 is 1.88 bits per heavy atom. The van der Waals surface area contributed by atoms with E-state index in [-0.39, 0.29) is 11.8 Å². The quantitative estimate of drug-likeness (QED) is 0.846. The number of hydrogen-bond acceptors (Lipinski definition) is 2. The number of carbonyl (C=O) groups excluding carboxylic acids is 1. The topological polar surface area (TPSA) is 43.1 Å². The molecule has 1 saturated carbocycles. The number of rotatable bonds is 5. The molecule has 1 aromatic carbocycles. The molecule has 1 unspecified atom stereocenters. The Labute approximate surface area is 103 Å². The SMILES string of the molecule is Cc1cc(C)cc(CC(=O)CC(N)C2CC2)c1. The minimum Gasteiger partial charge on any atom is -0.327 e. The van der Waals surface area contributed by atoms with Crippen LogP contribution in [0.5, 0.6) is 0 Å². The first kappa shape index (κ1) is 12.3. The van der Waals surface area contributed by atoms with Gasteiger partial charge in [-0.2, -0.15) is 0 Å². The Balaban J connectivity index is 1.92. The number of Topliss-reactive ketones (excluding diaryl/α,β-unsaturated/α-hetero) is 1. The first-order valence-corrected chi connectivity index (χ1v) is 6.39. The van der Waals surface area contributed by atoms with Crippen LogP contribution in [-0.2, 0) is 11.2 Å². The molecule has 0 aromatic heterocycles. The highest BCUT2D eigenvalue weighted by Crippen LogP contribution is 2.33. The van der Waals surface area contributed by atoms with E-state index in [0.29, 0.717) is 18.8 Å². The number of aryl methyl sites for hydroxylation is 2. The van der Waals surface area contributed by atoms with Crippen LogP contribution in [0.25, 0.3) is 0 Å². The van der Waals surface area contributed by atoms with Gasteiger partial charge in [0.1, 0.15) is 5.78 Å². The van der Waals surface area contributed by atoms with Crippen LogP contribution in [0.3, 0.4) is 0 Å². The van der Waals surface area contributed by atoms with Crippen molar-refractivity contribution in [1.82, 2.24) is 0 Å². The summed E-state index contributed by atoms with van der Waals surface area (Å²) in [5, 5.41) is 0. The number of nitrogens with two attached hydrogens (primary N) is 1. The highest BCUT2D eigenvalue weighted by Gasteiger charge is 2.29. The lowest BCUT2D eigenvalue weighted by Gasteiger charge is -2.09. The molecule has 0 spiro atoms. The highest BCUT2D eigenvalue weighted by atomic mass is 16.1. The smallest absolute Gasteiger partial charge is 0.138 e. The summed E-state index contributed by atoms with van der Waals surface area (Å²) in [4.78, 5) is 11.9. The number of ketones is 1. The van der Waals surface area contributed by atoms with Crippen LogP contribution < -0.4 is 5.73 Å². The molecule has 1 aliphatic carbocycles. The van der Waals surface area contributed by atoms with Gasteiger partial charge >= 0.3 is 0 Å². The van der Waals surface area contributed by atoms with Crippen molar-refractivity contribution in [2.45, 2.75) is 45.6 Å². The molecule has 0 amide bonds. The zero-order valence-corrected chi connectivity index (χ0v) is 10.7. The standard InChI is InChI=1S/C15H21NO/c1-10-5-11(2)7-12(6-10)8-14(17)9-15(16)13-3-4-13/h5-7,13,15H,3-4,8-9,16H2,1-2H3. The van der Waals surface area contributed by atoms with Gasteiger partial charge in [0.2, 0.25) is 0 Å². The molecule has 2 heteroatoms. The van der Waals surface area contributed by atoms with E-state index in [1.54, 1.807) is 0 Å². The van der Waals surface area contributed by atoms with Crippen molar-refractivity contribution in [2.24, 2.45) is 11.7 Å². The summed E-state index contributed by atoms with van der Waals surface area (Å²) in [5.41, 5.74) is 9.54. The molecule has 2 nitrogen and oxygen atoms in total. The summed E-state index contributed by atoms with van der Waals surface area (Å²) < 4.78 is 0. The monoisotopic (exact) mass is 231 g/mol. The normalized spacial score (nSPS) is 16.9. The zero-order valence-electron chi connectivity index (χ0n) is 10.7. The van der Waals surface area contributed by atoms with Gasteiger partial charge in [-0.25, -0.2) is 0 Å². The molecule has 0 radical (unpaired) electrons. The molecule has 2 N–H and O–H groups in total. The predicted octanol–water partition coefficient (Wildman–Crippen LogP) is 2.54. The van der Waals surface area contributed by atoms with Crippen LogP contribution in [0, 0.1) is 19.8 Å². The fourth-order valence-corrected chi connectivity index (χ4v) is 2.42. The second-order valence-corrected chi connectivity index (χ2v) is 5.42. The Hall–Kier alpha value is -1.15. The third-order valence-electron chi connectivity index (χ3n) is 3.37. The van der Waals surface area contributed by atoms with Crippen LogP contribution >= 0.6 is 0 Å². The summed E-state index contributed by atoms with van der Waals surface area (Å²) in [6.45, 7) is 4.13. The summed E-state index contributed by atoms with van der Waals surface area (Å²) in [6, 6.07) is 6.40. The van der Waals surface area contributed by atoms with Crippen molar-refractivity contribution in [3.8, 4) is 0 Å². The maximum absolute atomic E-state index is 11.9. The largest absolute Gasteiger partial charge is 0.327 e. The van der Waals surface area contributed by atoms with Gasteiger partial charge in [0.15, 0.2) is 0 Å². The van der Waals surface area contributed by atoms with Crippen molar-refractivity contribution in [2.75, 3.05) is 0 Å². The Morgan fingerprint density at radius 1 is 1.29 bits per heavy atom. The summed E-state index contributed by atoms with van der Waals surface area (Å²) in [6.07, 6.45) is 3.48. The van der Waals surface area contributed by atoms with Gasteiger partial charge in [-0.1, -0.05) is 29.3 Å². The average molecular weight is 231 g/mol. The van der Waals surface area contributed by atoms with Crippen LogP contribution in [0.1, 0.15) is 36.0 Å². The van der Waals surface area contributed by atoms with Gasteiger partial charge in [-0.3, -0.25) is 4.79 Å². The van der Waals surface area contributed by atoms with Crippen molar-refractivity contribution in [3.05, 3.63) is 34.9 Å². The fourth-order valence-electron chi connectivity index (χ4n) is 2.42. The van der Waals surface area contributed by atoms with Crippen molar-refractivity contribution < 1.29 is 4.79 Å². The Bertz CT molecular complexity index is 401. The molecule has 2 rings (SSSR count). The summed E-state index contributed by atoms with van der Waals surface area (Å²) >= 11 is 0. The fraction of sp³-hybridized carbons (Fsp3) is 0.533. The zero-order chi connectivity index (χ0) is 12.4. The third-order valence-corrected chi connectivity index (χ3v) is 3.37. The van der Waals surface area contributed by atoms with E-state index in [0.717, 1.165) is 5.56 Å². The lowest BCUT2D eigenvalue weighted by molar-refractivity contribution is -0.118. The van der Waals surface area contributed by atoms with Crippen LogP contribution in [0.2, 0.25) is 0 Å². The van der Waals surface area contributed by atoms with E-state index in [4.69, 9.17) is 5.73 Å². The number of benzene rings is 1. The molecule has 0 bridgehead atoms. The predicted molar refractivity (Wildman–Crippen MR) is 69.9 cm³/mol. The van der Waals surface area contributed by atoms with Crippen LogP contribution in [0.4, 0.5) is 0 Å². The minimum atomic E-state index is 0.0911. The molecule has 0 aliphatic heterocycles. The van der Waals surface area contributed by atoms with E-state index < -0.39 is 0 Å². The van der Waals surface area contributed by atoms with Crippen LogP contribution in [0.15, 0.2) is 18.2 Å². The lowest BCUT2D eigenvalue weighted by atomic mass is 9.99. The third kappa shape index (κ3) is 3.67. The van der Waals surface area contributed by atoms with E-state index in [1.165, 1.54) is 24.0 Å². The van der Waals surface area contributed by atoms with E-state index in [1.807, 2.05) is 0 Å². The molecular weight excluding hydrogens is 210 g/mol. The van der Waals surface area contributed by atoms with Gasteiger partial charge in [-0.15, -0.1) is 0 Å². The van der Waals surface area contributed by atoms with Crippen LogP contribution in [-0.4, -0.2) is 11.8 Å². The van der Waals surface area contributed by atoms with Gasteiger partial charge in [-0.05, 0) is 38.2 Å². The Kier molecular flexibility index (Phi) is 3.63. The summed E-state index contributed by atoms with van der Waals surface area (Å²) in [7, 11) is 0. The van der Waals surface area contributed by atoms with Gasteiger partial charge in [0.25, 0.3) is 0 Å². The molecule has 1 aromatic rings. The molecule has 92 valence electrons. The molecule has 17 heavy (non-hydrogen) atoms. The average Bonchev–Trinajstić information content (AvgIpc) is 2.97. The minimum absolute atomic E-state index is 0.0911. The highest BCUT2D eigenvalue weighted by molar-refractivity contribution is 5.81. The second kappa shape index (κ2) is 5.01. The number of hydrogen-bond donors (Lipinski definition) is 1. The molecule has 0 saturated heterocycles. The molecule has 1 atom stereocenters. The Morgan fingerprint density at radius 3 is 2.41 bits per heavy atom. The first-order valence-electron chi connectivity index (χ1n) is 6.39. The van der Waals surface area contributed by atoms with E-state index in [2.05, 4.69) is 32.0 Å². The van der Waals surface area contributed by atoms with E-state index in [9.17, 15) is 4.79 Å². The molecule has 1 fully saturated rings. The first-order chi connectivity index (χ1) is 8.04. The maximum Gasteiger partial charge on any atom is 0.138 e. The molecule has 1 aliphatic rings. The van der Waals surface area contributed by atoms with Crippen molar-refractivity contribution in [1.29, 1.82) is 0 Å². The van der Waals surface area contributed by atoms with Crippen molar-refractivity contribution in [3.63, 3.8) is 0 Å². The van der Waals surface area contributed by atoms with Gasteiger partial charge in [0, 0.05) is 18.9 Å².